The van der Waals surface area contributed by atoms with Crippen LogP contribution in [0.3, 0.4) is 0 Å². The number of sulfonamides is 1. The van der Waals surface area contributed by atoms with Gasteiger partial charge in [0, 0.05) is 24.4 Å². The average Bonchev–Trinajstić information content (AvgIpc) is 3.26. The minimum atomic E-state index is -3.77. The molecule has 158 valence electrons. The van der Waals surface area contributed by atoms with Crippen molar-refractivity contribution in [2.75, 3.05) is 30.4 Å². The molecule has 0 bridgehead atoms. The molecule has 0 spiro atoms. The van der Waals surface area contributed by atoms with Crippen LogP contribution < -0.4 is 20.1 Å². The predicted molar refractivity (Wildman–Crippen MR) is 109 cm³/mol. The molecule has 1 saturated heterocycles. The number of rotatable bonds is 6. The van der Waals surface area contributed by atoms with Crippen molar-refractivity contribution in [1.29, 1.82) is 0 Å². The Bertz CT molecular complexity index is 1080. The van der Waals surface area contributed by atoms with Crippen molar-refractivity contribution in [3.63, 3.8) is 0 Å². The SMILES string of the molecule is O=C1COc2ccc(NC(=O)c3cccc(S(=O)(=O)NCC4CCCO4)c3)cc2N1. The molecular weight excluding hydrogens is 410 g/mol. The maximum Gasteiger partial charge on any atom is 0.262 e. The van der Waals surface area contributed by atoms with Gasteiger partial charge in [0.25, 0.3) is 11.8 Å². The van der Waals surface area contributed by atoms with E-state index in [9.17, 15) is 18.0 Å². The van der Waals surface area contributed by atoms with Crippen LogP contribution in [0.4, 0.5) is 11.4 Å². The first-order valence-corrected chi connectivity index (χ1v) is 11.0. The number of amides is 2. The molecule has 9 nitrogen and oxygen atoms in total. The number of fused-ring (bicyclic) bond motifs is 1. The minimum absolute atomic E-state index is 0.000693. The lowest BCUT2D eigenvalue weighted by atomic mass is 10.2. The summed E-state index contributed by atoms with van der Waals surface area (Å²) in [6, 6.07) is 10.6. The highest BCUT2D eigenvalue weighted by molar-refractivity contribution is 7.89. The van der Waals surface area contributed by atoms with Crippen molar-refractivity contribution in [2.24, 2.45) is 0 Å². The van der Waals surface area contributed by atoms with Crippen molar-refractivity contribution in [3.05, 3.63) is 48.0 Å². The number of ether oxygens (including phenoxy) is 2. The number of carbonyl (C=O) groups is 2. The lowest BCUT2D eigenvalue weighted by molar-refractivity contribution is -0.118. The molecule has 0 aromatic heterocycles. The van der Waals surface area contributed by atoms with E-state index in [2.05, 4.69) is 15.4 Å². The third kappa shape index (κ3) is 4.61. The normalized spacial score (nSPS) is 18.3. The molecule has 3 N–H and O–H groups in total. The van der Waals surface area contributed by atoms with Crippen LogP contribution >= 0.6 is 0 Å². The first kappa shape index (κ1) is 20.3. The van der Waals surface area contributed by atoms with Gasteiger partial charge < -0.3 is 20.1 Å². The van der Waals surface area contributed by atoms with Gasteiger partial charge in [0.15, 0.2) is 6.61 Å². The molecule has 10 heteroatoms. The summed E-state index contributed by atoms with van der Waals surface area (Å²) in [6.45, 7) is 0.781. The van der Waals surface area contributed by atoms with E-state index < -0.39 is 15.9 Å². The lowest BCUT2D eigenvalue weighted by Crippen LogP contribution is -2.32. The van der Waals surface area contributed by atoms with Crippen molar-refractivity contribution < 1.29 is 27.5 Å². The Kier molecular flexibility index (Phi) is 5.71. The van der Waals surface area contributed by atoms with Crippen LogP contribution in [0.1, 0.15) is 23.2 Å². The van der Waals surface area contributed by atoms with Crippen LogP contribution in [-0.2, 0) is 19.6 Å². The highest BCUT2D eigenvalue weighted by Gasteiger charge is 2.21. The smallest absolute Gasteiger partial charge is 0.262 e. The molecule has 1 unspecified atom stereocenters. The Labute approximate surface area is 173 Å². The molecule has 1 atom stereocenters. The number of nitrogens with one attached hydrogen (secondary N) is 3. The Morgan fingerprint density at radius 2 is 2.07 bits per heavy atom. The average molecular weight is 431 g/mol. The van der Waals surface area contributed by atoms with E-state index in [1.165, 1.54) is 24.3 Å². The molecule has 2 heterocycles. The van der Waals surface area contributed by atoms with Crippen LogP contribution in [0.15, 0.2) is 47.4 Å². The zero-order chi connectivity index (χ0) is 21.1. The van der Waals surface area contributed by atoms with E-state index >= 15 is 0 Å². The molecule has 2 aromatic rings. The summed E-state index contributed by atoms with van der Waals surface area (Å²) in [5, 5.41) is 5.36. The molecule has 2 aliphatic heterocycles. The number of hydrogen-bond donors (Lipinski definition) is 3. The molecule has 4 rings (SSSR count). The second-order valence-corrected chi connectivity index (χ2v) is 8.78. The van der Waals surface area contributed by atoms with Gasteiger partial charge in [-0.3, -0.25) is 9.59 Å². The van der Waals surface area contributed by atoms with Crippen LogP contribution in [0, 0.1) is 0 Å². The molecule has 0 radical (unpaired) electrons. The topological polar surface area (TPSA) is 123 Å². The Morgan fingerprint density at radius 1 is 1.20 bits per heavy atom. The second kappa shape index (κ2) is 8.42. The van der Waals surface area contributed by atoms with Crippen molar-refractivity contribution >= 4 is 33.2 Å². The Hall–Kier alpha value is -2.95. The van der Waals surface area contributed by atoms with Crippen LogP contribution in [-0.4, -0.2) is 46.1 Å². The number of benzene rings is 2. The zero-order valence-corrected chi connectivity index (χ0v) is 16.8. The van der Waals surface area contributed by atoms with E-state index in [1.807, 2.05) is 0 Å². The first-order valence-electron chi connectivity index (χ1n) is 9.50. The van der Waals surface area contributed by atoms with Gasteiger partial charge in [-0.15, -0.1) is 0 Å². The van der Waals surface area contributed by atoms with Crippen LogP contribution in [0.25, 0.3) is 0 Å². The fourth-order valence-electron chi connectivity index (χ4n) is 3.26. The van der Waals surface area contributed by atoms with Crippen molar-refractivity contribution in [1.82, 2.24) is 4.72 Å². The molecule has 2 aromatic carbocycles. The highest BCUT2D eigenvalue weighted by Crippen LogP contribution is 2.30. The minimum Gasteiger partial charge on any atom is -0.482 e. The maximum absolute atomic E-state index is 12.6. The summed E-state index contributed by atoms with van der Waals surface area (Å²) in [5.74, 6) is -0.244. The van der Waals surface area contributed by atoms with E-state index in [0.29, 0.717) is 23.7 Å². The predicted octanol–water partition coefficient (Wildman–Crippen LogP) is 1.73. The molecule has 2 amide bonds. The van der Waals surface area contributed by atoms with E-state index in [4.69, 9.17) is 9.47 Å². The van der Waals surface area contributed by atoms with Gasteiger partial charge in [0.1, 0.15) is 5.75 Å². The van der Waals surface area contributed by atoms with Gasteiger partial charge in [0.2, 0.25) is 10.0 Å². The molecule has 1 fully saturated rings. The molecule has 0 aliphatic carbocycles. The molecule has 30 heavy (non-hydrogen) atoms. The standard InChI is InChI=1S/C20H21N3O6S/c24-19-12-29-18-7-6-14(10-17(18)23-19)22-20(25)13-3-1-5-16(9-13)30(26,27)21-11-15-4-2-8-28-15/h1,3,5-7,9-10,15,21H,2,4,8,11-12H2,(H,22,25)(H,23,24). The quantitative estimate of drug-likeness (QED) is 0.640. The van der Waals surface area contributed by atoms with Gasteiger partial charge in [0.05, 0.1) is 16.7 Å². The van der Waals surface area contributed by atoms with Gasteiger partial charge >= 0.3 is 0 Å². The van der Waals surface area contributed by atoms with Crippen LogP contribution in [0.5, 0.6) is 5.75 Å². The third-order valence-corrected chi connectivity index (χ3v) is 6.22. The Morgan fingerprint density at radius 3 is 2.87 bits per heavy atom. The summed E-state index contributed by atoms with van der Waals surface area (Å²) in [6.07, 6.45) is 1.61. The summed E-state index contributed by atoms with van der Waals surface area (Å²) >= 11 is 0. The second-order valence-electron chi connectivity index (χ2n) is 7.02. The van der Waals surface area contributed by atoms with Gasteiger partial charge in [-0.1, -0.05) is 6.07 Å². The summed E-state index contributed by atoms with van der Waals surface area (Å²) in [7, 11) is -3.77. The number of anilines is 2. The third-order valence-electron chi connectivity index (χ3n) is 4.80. The largest absolute Gasteiger partial charge is 0.482 e. The van der Waals surface area contributed by atoms with Gasteiger partial charge in [-0.05, 0) is 49.2 Å². The lowest BCUT2D eigenvalue weighted by Gasteiger charge is -2.18. The van der Waals surface area contributed by atoms with E-state index in [1.54, 1.807) is 18.2 Å². The van der Waals surface area contributed by atoms with Crippen LogP contribution in [0.2, 0.25) is 0 Å². The number of hydrogen-bond acceptors (Lipinski definition) is 6. The summed E-state index contributed by atoms with van der Waals surface area (Å²) < 4.78 is 38.4. The van der Waals surface area contributed by atoms with E-state index in [0.717, 1.165) is 12.8 Å². The van der Waals surface area contributed by atoms with E-state index in [-0.39, 0.29) is 35.6 Å². The molecule has 2 aliphatic rings. The first-order chi connectivity index (χ1) is 14.4. The fourth-order valence-corrected chi connectivity index (χ4v) is 4.37. The monoisotopic (exact) mass is 431 g/mol. The highest BCUT2D eigenvalue weighted by atomic mass is 32.2. The summed E-state index contributed by atoms with van der Waals surface area (Å²) in [5.41, 5.74) is 1.08. The van der Waals surface area contributed by atoms with Crippen molar-refractivity contribution in [3.8, 4) is 5.75 Å². The Balaban J connectivity index is 1.46. The van der Waals surface area contributed by atoms with Gasteiger partial charge in [-0.25, -0.2) is 13.1 Å². The fraction of sp³-hybridized carbons (Fsp3) is 0.300. The molecule has 0 saturated carbocycles. The summed E-state index contributed by atoms with van der Waals surface area (Å²) in [4.78, 5) is 24.1. The van der Waals surface area contributed by atoms with Crippen molar-refractivity contribution in [2.45, 2.75) is 23.8 Å². The number of carbonyl (C=O) groups excluding carboxylic acids is 2. The zero-order valence-electron chi connectivity index (χ0n) is 16.0. The molecular formula is C20H21N3O6S. The van der Waals surface area contributed by atoms with Gasteiger partial charge in [-0.2, -0.15) is 0 Å². The maximum atomic E-state index is 12.6.